The number of H-pyrrole nitrogens is 1. The van der Waals surface area contributed by atoms with Crippen LogP contribution in [0, 0.1) is 10.1 Å². The molecule has 0 fully saturated rings. The minimum atomic E-state index is -2.99. The van der Waals surface area contributed by atoms with Gasteiger partial charge in [-0.3, -0.25) is 0 Å². The minimum Gasteiger partial charge on any atom is -0.358 e. The molecule has 0 unspecified atom stereocenters. The zero-order chi connectivity index (χ0) is 11.6. The van der Waals surface area contributed by atoms with Crippen molar-refractivity contribution in [2.24, 2.45) is 5.73 Å². The second kappa shape index (κ2) is 4.13. The highest BCUT2D eigenvalue weighted by Crippen LogP contribution is 2.19. The molecule has 15 heavy (non-hydrogen) atoms. The van der Waals surface area contributed by atoms with Gasteiger partial charge < -0.3 is 15.8 Å². The Kier molecular flexibility index (Phi) is 3.10. The normalized spacial score (nSPS) is 10.7. The minimum absolute atomic E-state index is 0.130. The zero-order valence-electron chi connectivity index (χ0n) is 7.37. The molecule has 1 rings (SSSR count). The van der Waals surface area contributed by atoms with Crippen molar-refractivity contribution in [2.75, 3.05) is 0 Å². The van der Waals surface area contributed by atoms with Gasteiger partial charge in [-0.2, -0.15) is 0 Å². The Labute approximate surface area is 81.9 Å². The maximum absolute atomic E-state index is 12.2. The predicted molar refractivity (Wildman–Crippen MR) is 46.6 cm³/mol. The summed E-state index contributed by atoms with van der Waals surface area (Å²) in [5.74, 6) is -0.646. The van der Waals surface area contributed by atoms with E-state index in [0.717, 1.165) is 6.07 Å². The number of nitrogens with two attached hydrogens (primary N) is 1. The fourth-order valence-corrected chi connectivity index (χ4v) is 1.06. The molecule has 82 valence electrons. The molecule has 0 aliphatic carbocycles. The van der Waals surface area contributed by atoms with E-state index in [0.29, 0.717) is 0 Å². The van der Waals surface area contributed by atoms with Gasteiger partial charge in [0.1, 0.15) is 5.56 Å². The number of nitro groups is 1. The number of hydrogen-bond donors (Lipinski definition) is 2. The number of rotatable bonds is 3. The topological polar surface area (TPSA) is 102 Å². The molecule has 0 aromatic carbocycles. The van der Waals surface area contributed by atoms with Gasteiger partial charge in [-0.1, -0.05) is 0 Å². The van der Waals surface area contributed by atoms with E-state index in [2.05, 4.69) is 0 Å². The summed E-state index contributed by atoms with van der Waals surface area (Å²) in [6.07, 6.45) is -2.99. The van der Waals surface area contributed by atoms with Crippen LogP contribution >= 0.6 is 0 Å². The summed E-state index contributed by atoms with van der Waals surface area (Å²) in [4.78, 5) is 22.3. The third-order valence-electron chi connectivity index (χ3n) is 1.77. The van der Waals surface area contributed by atoms with Crippen LogP contribution in [0.2, 0.25) is 0 Å². The SMILES string of the molecule is NCc1cc(C(F)F)c(=O)[nH]c1[N+](=O)[O-]. The van der Waals surface area contributed by atoms with Gasteiger partial charge in [-0.25, -0.2) is 18.6 Å². The Morgan fingerprint density at radius 3 is 2.60 bits per heavy atom. The Hall–Kier alpha value is -1.83. The lowest BCUT2D eigenvalue weighted by atomic mass is 10.2. The van der Waals surface area contributed by atoms with Gasteiger partial charge in [-0.05, 0) is 11.0 Å². The first kappa shape index (κ1) is 11.2. The molecule has 8 heteroatoms. The van der Waals surface area contributed by atoms with Gasteiger partial charge in [0.2, 0.25) is 0 Å². The van der Waals surface area contributed by atoms with Crippen LogP contribution in [0.15, 0.2) is 10.9 Å². The number of pyridine rings is 1. The van der Waals surface area contributed by atoms with E-state index in [9.17, 15) is 23.7 Å². The van der Waals surface area contributed by atoms with Crippen molar-refractivity contribution in [1.29, 1.82) is 0 Å². The fraction of sp³-hybridized carbons (Fsp3) is 0.286. The lowest BCUT2D eigenvalue weighted by Gasteiger charge is -2.03. The van der Waals surface area contributed by atoms with E-state index in [1.807, 2.05) is 0 Å². The number of hydrogen-bond acceptors (Lipinski definition) is 4. The van der Waals surface area contributed by atoms with E-state index in [-0.39, 0.29) is 12.1 Å². The van der Waals surface area contributed by atoms with Crippen LogP contribution in [0.1, 0.15) is 17.6 Å². The number of alkyl halides is 2. The van der Waals surface area contributed by atoms with Crippen molar-refractivity contribution in [2.45, 2.75) is 13.0 Å². The zero-order valence-corrected chi connectivity index (χ0v) is 7.37. The number of aromatic nitrogens is 1. The monoisotopic (exact) mass is 219 g/mol. The van der Waals surface area contributed by atoms with Crippen molar-refractivity contribution in [3.05, 3.63) is 37.7 Å². The molecule has 0 spiro atoms. The average Bonchev–Trinajstić information content (AvgIpc) is 2.16. The van der Waals surface area contributed by atoms with Crippen molar-refractivity contribution < 1.29 is 13.7 Å². The van der Waals surface area contributed by atoms with E-state index in [1.54, 1.807) is 4.98 Å². The highest BCUT2D eigenvalue weighted by atomic mass is 19.3. The highest BCUT2D eigenvalue weighted by molar-refractivity contribution is 5.35. The second-order valence-corrected chi connectivity index (χ2v) is 2.69. The Bertz CT molecular complexity index is 444. The molecule has 0 aliphatic rings. The number of nitrogens with one attached hydrogen (secondary N) is 1. The van der Waals surface area contributed by atoms with Crippen molar-refractivity contribution in [3.63, 3.8) is 0 Å². The van der Waals surface area contributed by atoms with Gasteiger partial charge in [0, 0.05) is 6.54 Å². The molecule has 0 saturated heterocycles. The van der Waals surface area contributed by atoms with E-state index >= 15 is 0 Å². The maximum atomic E-state index is 12.2. The number of halogens is 2. The Morgan fingerprint density at radius 2 is 2.20 bits per heavy atom. The summed E-state index contributed by atoms with van der Waals surface area (Å²) in [6.45, 7) is -0.299. The average molecular weight is 219 g/mol. The van der Waals surface area contributed by atoms with Crippen molar-refractivity contribution in [1.82, 2.24) is 4.98 Å². The van der Waals surface area contributed by atoms with Crippen molar-refractivity contribution in [3.8, 4) is 0 Å². The molecule has 0 radical (unpaired) electrons. The predicted octanol–water partition coefficient (Wildman–Crippen LogP) is 0.679. The molecule has 0 atom stereocenters. The molecule has 0 aliphatic heterocycles. The van der Waals surface area contributed by atoms with E-state index in [4.69, 9.17) is 5.73 Å². The maximum Gasteiger partial charge on any atom is 0.340 e. The summed E-state index contributed by atoms with van der Waals surface area (Å²) in [5.41, 5.74) is 3.02. The molecule has 0 amide bonds. The van der Waals surface area contributed by atoms with Crippen LogP contribution in [-0.2, 0) is 6.54 Å². The molecular formula is C7H7F2N3O3. The molecule has 3 N–H and O–H groups in total. The first-order valence-corrected chi connectivity index (χ1v) is 3.86. The van der Waals surface area contributed by atoms with Crippen LogP contribution in [-0.4, -0.2) is 9.91 Å². The quantitative estimate of drug-likeness (QED) is 0.576. The van der Waals surface area contributed by atoms with Crippen LogP contribution in [0.4, 0.5) is 14.6 Å². The van der Waals surface area contributed by atoms with Crippen LogP contribution < -0.4 is 11.3 Å². The van der Waals surface area contributed by atoms with Crippen LogP contribution in [0.5, 0.6) is 0 Å². The largest absolute Gasteiger partial charge is 0.358 e. The number of aromatic amines is 1. The molecule has 1 aromatic rings. The lowest BCUT2D eigenvalue weighted by Crippen LogP contribution is -2.17. The summed E-state index contributed by atoms with van der Waals surface area (Å²) in [7, 11) is 0. The summed E-state index contributed by atoms with van der Waals surface area (Å²) in [5, 5.41) is 10.4. The first-order chi connectivity index (χ1) is 6.97. The summed E-state index contributed by atoms with van der Waals surface area (Å²) < 4.78 is 24.5. The number of nitrogens with zero attached hydrogens (tertiary/aromatic N) is 1. The van der Waals surface area contributed by atoms with Gasteiger partial charge in [0.15, 0.2) is 0 Å². The van der Waals surface area contributed by atoms with Crippen LogP contribution in [0.25, 0.3) is 0 Å². The van der Waals surface area contributed by atoms with E-state index < -0.39 is 28.3 Å². The molecular weight excluding hydrogens is 212 g/mol. The van der Waals surface area contributed by atoms with Gasteiger partial charge in [0.05, 0.1) is 5.56 Å². The molecule has 1 aromatic heterocycles. The third-order valence-corrected chi connectivity index (χ3v) is 1.77. The Morgan fingerprint density at radius 1 is 1.60 bits per heavy atom. The molecule has 0 saturated carbocycles. The lowest BCUT2D eigenvalue weighted by molar-refractivity contribution is -0.390. The molecule has 6 nitrogen and oxygen atoms in total. The molecule has 0 bridgehead atoms. The van der Waals surface area contributed by atoms with Gasteiger partial charge in [-0.15, -0.1) is 0 Å². The summed E-state index contributed by atoms with van der Waals surface area (Å²) in [6, 6.07) is 0.752. The van der Waals surface area contributed by atoms with E-state index in [1.165, 1.54) is 0 Å². The second-order valence-electron chi connectivity index (χ2n) is 2.69. The highest BCUT2D eigenvalue weighted by Gasteiger charge is 2.20. The first-order valence-electron chi connectivity index (χ1n) is 3.86. The Balaban J connectivity index is 3.42. The van der Waals surface area contributed by atoms with Crippen molar-refractivity contribution >= 4 is 5.82 Å². The fourth-order valence-electron chi connectivity index (χ4n) is 1.06. The van der Waals surface area contributed by atoms with Crippen LogP contribution in [0.3, 0.4) is 0 Å². The molecule has 1 heterocycles. The van der Waals surface area contributed by atoms with Gasteiger partial charge in [0.25, 0.3) is 6.43 Å². The standard InChI is InChI=1S/C7H7F2N3O3/c8-5(9)4-1-3(2-10)6(12(14)15)11-7(4)13/h1,5H,2,10H2,(H,11,13). The third kappa shape index (κ3) is 2.15. The summed E-state index contributed by atoms with van der Waals surface area (Å²) >= 11 is 0. The van der Waals surface area contributed by atoms with Gasteiger partial charge >= 0.3 is 11.4 Å². The smallest absolute Gasteiger partial charge is 0.340 e.